The highest BCUT2D eigenvalue weighted by molar-refractivity contribution is 7.85. The van der Waals surface area contributed by atoms with Crippen molar-refractivity contribution in [3.05, 3.63) is 47.5 Å². The molecule has 0 aliphatic carbocycles. The standard InChI is InChI=1S/C17H20O4S/c1-11-5-7-13(8-6-11)22(19)17-15(21-4)10-9-14(20-3)16(17)12(2)18/h5-10,12,18H,1-4H3/t12-,22?/m1/s1. The van der Waals surface area contributed by atoms with Crippen LogP contribution < -0.4 is 9.47 Å². The summed E-state index contributed by atoms with van der Waals surface area (Å²) in [5, 5.41) is 10.1. The highest BCUT2D eigenvalue weighted by atomic mass is 32.2. The monoisotopic (exact) mass is 320 g/mol. The molecule has 0 fully saturated rings. The van der Waals surface area contributed by atoms with Gasteiger partial charge in [-0.3, -0.25) is 0 Å². The van der Waals surface area contributed by atoms with Gasteiger partial charge in [0.25, 0.3) is 0 Å². The third-order valence-electron chi connectivity index (χ3n) is 3.40. The zero-order chi connectivity index (χ0) is 16.3. The Morgan fingerprint density at radius 1 is 1.00 bits per heavy atom. The molecular formula is C17H20O4S. The summed E-state index contributed by atoms with van der Waals surface area (Å²) in [6.07, 6.45) is -0.825. The molecule has 0 heterocycles. The minimum Gasteiger partial charge on any atom is -0.496 e. The maximum atomic E-state index is 13.0. The SMILES string of the molecule is COc1ccc(OC)c(S(=O)c2ccc(C)cc2)c1[C@@H](C)O. The topological polar surface area (TPSA) is 55.8 Å². The van der Waals surface area contributed by atoms with Crippen molar-refractivity contribution in [1.82, 2.24) is 0 Å². The van der Waals surface area contributed by atoms with Crippen molar-refractivity contribution < 1.29 is 18.8 Å². The van der Waals surface area contributed by atoms with E-state index in [1.165, 1.54) is 14.2 Å². The van der Waals surface area contributed by atoms with Crippen LogP contribution in [-0.4, -0.2) is 23.5 Å². The summed E-state index contributed by atoms with van der Waals surface area (Å²) < 4.78 is 23.6. The lowest BCUT2D eigenvalue weighted by Crippen LogP contribution is -2.07. The molecule has 0 aromatic heterocycles. The van der Waals surface area contributed by atoms with E-state index in [1.807, 2.05) is 31.2 Å². The number of aryl methyl sites for hydroxylation is 1. The van der Waals surface area contributed by atoms with Gasteiger partial charge in [-0.05, 0) is 38.1 Å². The Balaban J connectivity index is 2.65. The summed E-state index contributed by atoms with van der Waals surface area (Å²) >= 11 is 0. The minimum absolute atomic E-state index is 0.445. The molecule has 2 aromatic rings. The van der Waals surface area contributed by atoms with E-state index in [0.717, 1.165) is 5.56 Å². The fourth-order valence-corrected chi connectivity index (χ4v) is 3.69. The molecule has 1 N–H and O–H groups in total. The van der Waals surface area contributed by atoms with Crippen molar-refractivity contribution in [2.75, 3.05) is 14.2 Å². The van der Waals surface area contributed by atoms with Gasteiger partial charge in [0, 0.05) is 10.5 Å². The van der Waals surface area contributed by atoms with E-state index in [2.05, 4.69) is 0 Å². The Kier molecular flexibility index (Phi) is 5.21. The van der Waals surface area contributed by atoms with Crippen LogP contribution in [0.5, 0.6) is 11.5 Å². The first-order chi connectivity index (χ1) is 10.5. The molecule has 0 amide bonds. The second kappa shape index (κ2) is 6.94. The minimum atomic E-state index is -1.48. The van der Waals surface area contributed by atoms with Gasteiger partial charge in [-0.1, -0.05) is 17.7 Å². The number of aliphatic hydroxyl groups excluding tert-OH is 1. The van der Waals surface area contributed by atoms with Crippen molar-refractivity contribution in [2.45, 2.75) is 29.7 Å². The van der Waals surface area contributed by atoms with Crippen molar-refractivity contribution in [3.8, 4) is 11.5 Å². The predicted octanol–water partition coefficient (Wildman–Crippen LogP) is 3.23. The van der Waals surface area contributed by atoms with Gasteiger partial charge in [-0.25, -0.2) is 4.21 Å². The fourth-order valence-electron chi connectivity index (χ4n) is 2.27. The molecule has 4 nitrogen and oxygen atoms in total. The number of methoxy groups -OCH3 is 2. The molecule has 0 saturated carbocycles. The van der Waals surface area contributed by atoms with E-state index in [-0.39, 0.29) is 0 Å². The Morgan fingerprint density at radius 2 is 1.55 bits per heavy atom. The van der Waals surface area contributed by atoms with Crippen LogP contribution in [0.3, 0.4) is 0 Å². The van der Waals surface area contributed by atoms with E-state index in [1.54, 1.807) is 19.1 Å². The lowest BCUT2D eigenvalue weighted by atomic mass is 10.1. The first kappa shape index (κ1) is 16.5. The summed E-state index contributed by atoms with van der Waals surface area (Å²) in [5.74, 6) is 0.960. The molecule has 1 unspecified atom stereocenters. The highest BCUT2D eigenvalue weighted by Crippen LogP contribution is 2.39. The Bertz CT molecular complexity index is 678. The Labute approximate surface area is 133 Å². The number of aliphatic hydroxyl groups is 1. The van der Waals surface area contributed by atoms with Crippen molar-refractivity contribution in [1.29, 1.82) is 0 Å². The average molecular weight is 320 g/mol. The molecule has 2 aromatic carbocycles. The smallest absolute Gasteiger partial charge is 0.136 e. The zero-order valence-corrected chi connectivity index (χ0v) is 13.9. The highest BCUT2D eigenvalue weighted by Gasteiger charge is 2.24. The van der Waals surface area contributed by atoms with E-state index in [9.17, 15) is 9.32 Å². The number of ether oxygens (including phenoxy) is 2. The molecule has 2 atom stereocenters. The van der Waals surface area contributed by atoms with E-state index in [4.69, 9.17) is 9.47 Å². The molecule has 118 valence electrons. The second-order valence-corrected chi connectivity index (χ2v) is 6.39. The average Bonchev–Trinajstić information content (AvgIpc) is 2.53. The number of hydrogen-bond acceptors (Lipinski definition) is 4. The van der Waals surface area contributed by atoms with Crippen LogP contribution in [0.1, 0.15) is 24.2 Å². The first-order valence-corrected chi connectivity index (χ1v) is 8.06. The lowest BCUT2D eigenvalue weighted by Gasteiger charge is -2.18. The largest absolute Gasteiger partial charge is 0.496 e. The number of hydrogen-bond donors (Lipinski definition) is 1. The molecule has 22 heavy (non-hydrogen) atoms. The van der Waals surface area contributed by atoms with Crippen molar-refractivity contribution in [2.24, 2.45) is 0 Å². The maximum Gasteiger partial charge on any atom is 0.136 e. The molecule has 2 rings (SSSR count). The molecule has 0 aliphatic rings. The fraction of sp³-hybridized carbons (Fsp3) is 0.294. The molecule has 0 radical (unpaired) electrons. The van der Waals surface area contributed by atoms with Crippen LogP contribution in [0.15, 0.2) is 46.2 Å². The van der Waals surface area contributed by atoms with Gasteiger partial charge in [0.15, 0.2) is 0 Å². The number of rotatable bonds is 5. The first-order valence-electron chi connectivity index (χ1n) is 6.91. The van der Waals surface area contributed by atoms with E-state index < -0.39 is 16.9 Å². The van der Waals surface area contributed by atoms with Crippen LogP contribution in [-0.2, 0) is 10.8 Å². The second-order valence-electron chi connectivity index (χ2n) is 4.97. The summed E-state index contributed by atoms with van der Waals surface area (Å²) in [5.41, 5.74) is 1.58. The molecule has 0 spiro atoms. The number of benzene rings is 2. The van der Waals surface area contributed by atoms with Crippen LogP contribution in [0.25, 0.3) is 0 Å². The van der Waals surface area contributed by atoms with Crippen LogP contribution in [0, 0.1) is 6.92 Å². The van der Waals surface area contributed by atoms with Gasteiger partial charge in [-0.2, -0.15) is 0 Å². The van der Waals surface area contributed by atoms with Crippen LogP contribution >= 0.6 is 0 Å². The van der Waals surface area contributed by atoms with Gasteiger partial charge in [-0.15, -0.1) is 0 Å². The van der Waals surface area contributed by atoms with Gasteiger partial charge in [0.2, 0.25) is 0 Å². The molecule has 0 bridgehead atoms. The van der Waals surface area contributed by atoms with Gasteiger partial charge >= 0.3 is 0 Å². The summed E-state index contributed by atoms with van der Waals surface area (Å²) in [4.78, 5) is 1.10. The Morgan fingerprint density at radius 3 is 2.05 bits per heavy atom. The summed E-state index contributed by atoms with van der Waals surface area (Å²) in [6.45, 7) is 3.59. The van der Waals surface area contributed by atoms with Gasteiger partial charge < -0.3 is 14.6 Å². The molecule has 5 heteroatoms. The summed E-state index contributed by atoms with van der Waals surface area (Å²) in [6, 6.07) is 10.8. The molecule has 0 aliphatic heterocycles. The van der Waals surface area contributed by atoms with Crippen LogP contribution in [0.2, 0.25) is 0 Å². The normalized spacial score (nSPS) is 13.5. The lowest BCUT2D eigenvalue weighted by molar-refractivity contribution is 0.190. The zero-order valence-electron chi connectivity index (χ0n) is 13.1. The van der Waals surface area contributed by atoms with E-state index >= 15 is 0 Å². The molecule has 0 saturated heterocycles. The third kappa shape index (κ3) is 3.15. The predicted molar refractivity (Wildman–Crippen MR) is 86.0 cm³/mol. The van der Waals surface area contributed by atoms with E-state index in [0.29, 0.717) is 26.9 Å². The van der Waals surface area contributed by atoms with Crippen LogP contribution in [0.4, 0.5) is 0 Å². The maximum absolute atomic E-state index is 13.0. The van der Waals surface area contributed by atoms with Gasteiger partial charge in [0.1, 0.15) is 11.5 Å². The third-order valence-corrected chi connectivity index (χ3v) is 4.89. The quantitative estimate of drug-likeness (QED) is 0.919. The Hall–Kier alpha value is -1.85. The van der Waals surface area contributed by atoms with Gasteiger partial charge in [0.05, 0.1) is 36.0 Å². The molecular weight excluding hydrogens is 300 g/mol. The van der Waals surface area contributed by atoms with Crippen molar-refractivity contribution in [3.63, 3.8) is 0 Å². The summed E-state index contributed by atoms with van der Waals surface area (Å²) in [7, 11) is 1.56. The van der Waals surface area contributed by atoms with Crippen molar-refractivity contribution >= 4 is 10.8 Å².